The van der Waals surface area contributed by atoms with Gasteiger partial charge in [0, 0.05) is 0 Å². The van der Waals surface area contributed by atoms with E-state index in [4.69, 9.17) is 5.26 Å². The second-order valence-electron chi connectivity index (χ2n) is 4.85. The fourth-order valence-corrected chi connectivity index (χ4v) is 2.27. The van der Waals surface area contributed by atoms with Gasteiger partial charge in [0.05, 0.1) is 11.4 Å². The van der Waals surface area contributed by atoms with Crippen molar-refractivity contribution in [2.75, 3.05) is 10.2 Å². The number of nitriles is 1. The summed E-state index contributed by atoms with van der Waals surface area (Å²) in [6.07, 6.45) is 0. The number of anilines is 2. The highest BCUT2D eigenvalue weighted by molar-refractivity contribution is 6.00. The first-order valence-corrected chi connectivity index (χ1v) is 6.67. The summed E-state index contributed by atoms with van der Waals surface area (Å²) in [4.78, 5) is 0. The van der Waals surface area contributed by atoms with E-state index in [-0.39, 0.29) is 18.2 Å². The van der Waals surface area contributed by atoms with E-state index >= 15 is 0 Å². The summed E-state index contributed by atoms with van der Waals surface area (Å²) in [5, 5.41) is 17.0. The number of para-hydroxylation sites is 2. The van der Waals surface area contributed by atoms with Gasteiger partial charge < -0.3 is 0 Å². The molecule has 1 aliphatic rings. The van der Waals surface area contributed by atoms with Gasteiger partial charge >= 0.3 is 0 Å². The summed E-state index contributed by atoms with van der Waals surface area (Å²) >= 11 is 0. The van der Waals surface area contributed by atoms with Crippen molar-refractivity contribution in [3.05, 3.63) is 59.7 Å². The van der Waals surface area contributed by atoms with Gasteiger partial charge in [0.25, 0.3) is 0 Å². The fraction of sp³-hybridized carbons (Fsp3) is 0.125. The molecule has 1 N–H and O–H groups in total. The minimum Gasteiger partial charge on any atom is -0.250 e. The molecular weight excluding hydrogens is 298 g/mol. The molecule has 1 aliphatic heterocycles. The van der Waals surface area contributed by atoms with Crippen LogP contribution in [0.15, 0.2) is 53.6 Å². The Balaban J connectivity index is 0.00000176. The molecule has 2 aromatic rings. The number of nitrogens with zero attached hydrogens (tertiary/aromatic N) is 4. The molecule has 6 heteroatoms. The fourth-order valence-electron chi connectivity index (χ4n) is 2.27. The summed E-state index contributed by atoms with van der Waals surface area (Å²) < 4.78 is 0. The second-order valence-corrected chi connectivity index (χ2v) is 4.85. The van der Waals surface area contributed by atoms with Crippen LogP contribution in [0.5, 0.6) is 0 Å². The number of hydrogen-bond acceptors (Lipinski definition) is 5. The van der Waals surface area contributed by atoms with E-state index in [1.165, 1.54) is 0 Å². The van der Waals surface area contributed by atoms with Gasteiger partial charge in [-0.3, -0.25) is 5.43 Å². The average molecular weight is 314 g/mol. The van der Waals surface area contributed by atoms with Crippen LogP contribution in [0.1, 0.15) is 11.1 Å². The lowest BCUT2D eigenvalue weighted by atomic mass is 10.2. The summed E-state index contributed by atoms with van der Waals surface area (Å²) in [7, 11) is 0. The highest BCUT2D eigenvalue weighted by atomic mass is 35.5. The SMILES string of the molecule is Cc1ccccc1N1N=C(C#N)NN1c1ccccc1C.Cl. The van der Waals surface area contributed by atoms with E-state index in [2.05, 4.69) is 16.6 Å². The van der Waals surface area contributed by atoms with Crippen molar-refractivity contribution in [3.8, 4) is 6.07 Å². The van der Waals surface area contributed by atoms with Crippen LogP contribution in [0.3, 0.4) is 0 Å². The van der Waals surface area contributed by atoms with E-state index in [0.717, 1.165) is 22.5 Å². The minimum atomic E-state index is 0. The van der Waals surface area contributed by atoms with Crippen molar-refractivity contribution in [3.63, 3.8) is 0 Å². The van der Waals surface area contributed by atoms with E-state index in [1.807, 2.05) is 62.4 Å². The lowest BCUT2D eigenvalue weighted by molar-refractivity contribution is 0.765. The Morgan fingerprint density at radius 3 is 2.05 bits per heavy atom. The zero-order valence-corrected chi connectivity index (χ0v) is 13.1. The van der Waals surface area contributed by atoms with E-state index in [1.54, 1.807) is 10.2 Å². The molecule has 0 atom stereocenters. The average Bonchev–Trinajstić information content (AvgIpc) is 2.92. The molecule has 0 aromatic heterocycles. The quantitative estimate of drug-likeness (QED) is 0.924. The number of amidine groups is 1. The molecule has 0 fully saturated rings. The maximum Gasteiger partial charge on any atom is 0.247 e. The molecule has 22 heavy (non-hydrogen) atoms. The normalized spacial score (nSPS) is 13.0. The maximum absolute atomic E-state index is 9.14. The number of hydrazine groups is 2. The van der Waals surface area contributed by atoms with E-state index in [9.17, 15) is 0 Å². The Bertz CT molecular complexity index is 750. The molecule has 0 amide bonds. The van der Waals surface area contributed by atoms with Crippen LogP contribution in [0.4, 0.5) is 11.4 Å². The van der Waals surface area contributed by atoms with Gasteiger partial charge in [-0.05, 0) is 37.1 Å². The lowest BCUT2D eigenvalue weighted by Crippen LogP contribution is -2.45. The van der Waals surface area contributed by atoms with Crippen molar-refractivity contribution in [1.29, 1.82) is 5.26 Å². The molecule has 0 radical (unpaired) electrons. The third kappa shape index (κ3) is 2.69. The Hall–Kier alpha value is -2.71. The summed E-state index contributed by atoms with van der Waals surface area (Å²) in [5.41, 5.74) is 7.08. The molecule has 112 valence electrons. The van der Waals surface area contributed by atoms with Gasteiger partial charge in [-0.2, -0.15) is 10.4 Å². The Kier molecular flexibility index (Phi) is 4.54. The summed E-state index contributed by atoms with van der Waals surface area (Å²) in [6, 6.07) is 18.0. The minimum absolute atomic E-state index is 0. The van der Waals surface area contributed by atoms with Crippen LogP contribution in [-0.2, 0) is 0 Å². The smallest absolute Gasteiger partial charge is 0.247 e. The number of hydrazone groups is 1. The zero-order valence-electron chi connectivity index (χ0n) is 12.3. The molecule has 3 rings (SSSR count). The zero-order chi connectivity index (χ0) is 14.8. The molecular formula is C16H16ClN5. The molecule has 2 aromatic carbocycles. The van der Waals surface area contributed by atoms with Crippen LogP contribution >= 0.6 is 12.4 Å². The predicted octanol–water partition coefficient (Wildman–Crippen LogP) is 3.31. The van der Waals surface area contributed by atoms with Gasteiger partial charge in [-0.15, -0.1) is 22.6 Å². The molecule has 1 heterocycles. The maximum atomic E-state index is 9.14. The highest BCUT2D eigenvalue weighted by Crippen LogP contribution is 2.28. The predicted molar refractivity (Wildman–Crippen MR) is 90.7 cm³/mol. The van der Waals surface area contributed by atoms with Crippen LogP contribution < -0.4 is 15.7 Å². The van der Waals surface area contributed by atoms with Crippen molar-refractivity contribution >= 4 is 29.6 Å². The highest BCUT2D eigenvalue weighted by Gasteiger charge is 2.27. The Labute approximate surface area is 135 Å². The lowest BCUT2D eigenvalue weighted by Gasteiger charge is -2.29. The third-order valence-electron chi connectivity index (χ3n) is 3.38. The molecule has 0 saturated carbocycles. The Morgan fingerprint density at radius 2 is 1.50 bits per heavy atom. The van der Waals surface area contributed by atoms with Crippen molar-refractivity contribution in [1.82, 2.24) is 5.43 Å². The molecule has 0 bridgehead atoms. The number of rotatable bonds is 2. The molecule has 0 unspecified atom stereocenters. The molecule has 0 aliphatic carbocycles. The van der Waals surface area contributed by atoms with Crippen LogP contribution in [0, 0.1) is 25.2 Å². The number of halogens is 1. The Morgan fingerprint density at radius 1 is 0.955 bits per heavy atom. The standard InChI is InChI=1S/C16H15N5.ClH/c1-12-7-3-5-9-14(12)20-18-16(11-17)19-21(20)15-10-6-4-8-13(15)2;/h3-10H,1-2H3,(H,18,19);1H. The van der Waals surface area contributed by atoms with Gasteiger partial charge in [-0.25, -0.2) is 0 Å². The van der Waals surface area contributed by atoms with Crippen LogP contribution in [0.2, 0.25) is 0 Å². The first kappa shape index (κ1) is 15.7. The molecule has 0 spiro atoms. The topological polar surface area (TPSA) is 54.7 Å². The first-order valence-electron chi connectivity index (χ1n) is 6.67. The third-order valence-corrected chi connectivity index (χ3v) is 3.38. The monoisotopic (exact) mass is 313 g/mol. The number of nitrogens with one attached hydrogen (secondary N) is 1. The number of aryl methyl sites for hydroxylation is 2. The van der Waals surface area contributed by atoms with Crippen molar-refractivity contribution in [2.24, 2.45) is 5.10 Å². The molecule has 5 nitrogen and oxygen atoms in total. The summed E-state index contributed by atoms with van der Waals surface area (Å²) in [6.45, 7) is 4.04. The van der Waals surface area contributed by atoms with Crippen LogP contribution in [-0.4, -0.2) is 5.84 Å². The largest absolute Gasteiger partial charge is 0.250 e. The second kappa shape index (κ2) is 6.37. The summed E-state index contributed by atoms with van der Waals surface area (Å²) in [5.74, 6) is 0.265. The van der Waals surface area contributed by atoms with Gasteiger partial charge in [-0.1, -0.05) is 36.4 Å². The molecule has 0 saturated heterocycles. The van der Waals surface area contributed by atoms with Gasteiger partial charge in [0.1, 0.15) is 6.07 Å². The van der Waals surface area contributed by atoms with Gasteiger partial charge in [0.15, 0.2) is 0 Å². The van der Waals surface area contributed by atoms with E-state index in [0.29, 0.717) is 0 Å². The van der Waals surface area contributed by atoms with Crippen molar-refractivity contribution in [2.45, 2.75) is 13.8 Å². The van der Waals surface area contributed by atoms with Crippen LogP contribution in [0.25, 0.3) is 0 Å². The van der Waals surface area contributed by atoms with Crippen molar-refractivity contribution < 1.29 is 0 Å². The first-order chi connectivity index (χ1) is 10.2. The number of benzene rings is 2. The van der Waals surface area contributed by atoms with E-state index < -0.39 is 0 Å². The number of hydrogen-bond donors (Lipinski definition) is 1. The van der Waals surface area contributed by atoms with Gasteiger partial charge in [0.2, 0.25) is 5.84 Å².